The summed E-state index contributed by atoms with van der Waals surface area (Å²) in [7, 11) is 0. The Morgan fingerprint density at radius 3 is 2.55 bits per heavy atom. The second kappa shape index (κ2) is 6.80. The molecule has 0 aliphatic carbocycles. The molecule has 106 valence electrons. The Labute approximate surface area is 118 Å². The number of hydrogen-bond acceptors (Lipinski definition) is 3. The van der Waals surface area contributed by atoms with Gasteiger partial charge in [0.15, 0.2) is 11.6 Å². The molecule has 2 aromatic carbocycles. The molecule has 4 heteroatoms. The van der Waals surface area contributed by atoms with Gasteiger partial charge < -0.3 is 15.2 Å². The minimum Gasteiger partial charge on any atom is -0.505 e. The minimum atomic E-state index is -0.627. The molecular weight excluding hydrogens is 257 g/mol. The van der Waals surface area contributed by atoms with Crippen LogP contribution in [0.15, 0.2) is 42.5 Å². The summed E-state index contributed by atoms with van der Waals surface area (Å²) < 4.78 is 18.7. The highest BCUT2D eigenvalue weighted by atomic mass is 19.1. The SMILES string of the molecule is CCCOc1ccc(CNc2ccc(O)c(F)c2)cc1. The number of nitrogens with one attached hydrogen (secondary N) is 1. The van der Waals surface area contributed by atoms with Crippen molar-refractivity contribution in [3.8, 4) is 11.5 Å². The molecule has 20 heavy (non-hydrogen) atoms. The maximum Gasteiger partial charge on any atom is 0.166 e. The van der Waals surface area contributed by atoms with Gasteiger partial charge in [0.1, 0.15) is 5.75 Å². The molecule has 0 bridgehead atoms. The molecule has 2 N–H and O–H groups in total. The van der Waals surface area contributed by atoms with E-state index in [-0.39, 0.29) is 5.75 Å². The van der Waals surface area contributed by atoms with Gasteiger partial charge in [-0.25, -0.2) is 4.39 Å². The smallest absolute Gasteiger partial charge is 0.166 e. The molecule has 0 amide bonds. The monoisotopic (exact) mass is 275 g/mol. The first-order valence-electron chi connectivity index (χ1n) is 6.63. The van der Waals surface area contributed by atoms with Crippen LogP contribution in [0.3, 0.4) is 0 Å². The van der Waals surface area contributed by atoms with Gasteiger partial charge in [-0.05, 0) is 36.2 Å². The second-order valence-electron chi connectivity index (χ2n) is 4.51. The molecule has 0 saturated heterocycles. The van der Waals surface area contributed by atoms with Gasteiger partial charge in [-0.1, -0.05) is 19.1 Å². The van der Waals surface area contributed by atoms with E-state index in [4.69, 9.17) is 9.84 Å². The molecule has 2 aromatic rings. The Kier molecular flexibility index (Phi) is 4.82. The number of rotatable bonds is 6. The fraction of sp³-hybridized carbons (Fsp3) is 0.250. The number of halogens is 1. The zero-order chi connectivity index (χ0) is 14.4. The highest BCUT2D eigenvalue weighted by Gasteiger charge is 2.01. The Balaban J connectivity index is 1.91. The van der Waals surface area contributed by atoms with Crippen molar-refractivity contribution in [1.82, 2.24) is 0 Å². The lowest BCUT2D eigenvalue weighted by molar-refractivity contribution is 0.317. The first-order valence-corrected chi connectivity index (χ1v) is 6.63. The molecule has 3 nitrogen and oxygen atoms in total. The molecule has 0 saturated carbocycles. The maximum absolute atomic E-state index is 13.2. The lowest BCUT2D eigenvalue weighted by Gasteiger charge is -2.09. The highest BCUT2D eigenvalue weighted by Crippen LogP contribution is 2.20. The molecule has 0 atom stereocenters. The number of anilines is 1. The predicted molar refractivity (Wildman–Crippen MR) is 77.6 cm³/mol. The van der Waals surface area contributed by atoms with Crippen LogP contribution in [0.1, 0.15) is 18.9 Å². The van der Waals surface area contributed by atoms with Gasteiger partial charge in [0.25, 0.3) is 0 Å². The summed E-state index contributed by atoms with van der Waals surface area (Å²) >= 11 is 0. The number of ether oxygens (including phenoxy) is 1. The molecule has 0 unspecified atom stereocenters. The largest absolute Gasteiger partial charge is 0.505 e. The van der Waals surface area contributed by atoms with E-state index in [0.717, 1.165) is 17.7 Å². The molecule has 0 heterocycles. The van der Waals surface area contributed by atoms with Crippen LogP contribution in [-0.4, -0.2) is 11.7 Å². The summed E-state index contributed by atoms with van der Waals surface area (Å²) in [4.78, 5) is 0. The summed E-state index contributed by atoms with van der Waals surface area (Å²) in [5, 5.41) is 12.2. The lowest BCUT2D eigenvalue weighted by Crippen LogP contribution is -2.00. The van der Waals surface area contributed by atoms with Crippen molar-refractivity contribution in [2.24, 2.45) is 0 Å². The van der Waals surface area contributed by atoms with E-state index in [1.165, 1.54) is 12.1 Å². The lowest BCUT2D eigenvalue weighted by atomic mass is 10.2. The molecule has 0 spiro atoms. The number of benzene rings is 2. The Morgan fingerprint density at radius 1 is 1.15 bits per heavy atom. The van der Waals surface area contributed by atoms with Gasteiger partial charge in [-0.3, -0.25) is 0 Å². The first-order chi connectivity index (χ1) is 9.69. The third-order valence-corrected chi connectivity index (χ3v) is 2.84. The van der Waals surface area contributed by atoms with Crippen molar-refractivity contribution in [3.05, 3.63) is 53.8 Å². The average molecular weight is 275 g/mol. The van der Waals surface area contributed by atoms with Crippen molar-refractivity contribution in [1.29, 1.82) is 0 Å². The minimum absolute atomic E-state index is 0.340. The molecule has 0 aliphatic heterocycles. The Morgan fingerprint density at radius 2 is 1.90 bits per heavy atom. The van der Waals surface area contributed by atoms with E-state index < -0.39 is 5.82 Å². The van der Waals surface area contributed by atoms with E-state index in [9.17, 15) is 4.39 Å². The van der Waals surface area contributed by atoms with Crippen molar-refractivity contribution in [2.45, 2.75) is 19.9 Å². The Bertz CT molecular complexity index is 555. The van der Waals surface area contributed by atoms with Crippen LogP contribution in [-0.2, 0) is 6.54 Å². The van der Waals surface area contributed by atoms with Crippen LogP contribution in [0.25, 0.3) is 0 Å². The standard InChI is InChI=1S/C16H18FNO2/c1-2-9-20-14-6-3-12(4-7-14)11-18-13-5-8-16(19)15(17)10-13/h3-8,10,18-19H,2,9,11H2,1H3. The summed E-state index contributed by atoms with van der Waals surface area (Å²) in [5.74, 6) is -0.113. The van der Waals surface area contributed by atoms with E-state index >= 15 is 0 Å². The van der Waals surface area contributed by atoms with E-state index in [1.807, 2.05) is 24.3 Å². The third kappa shape index (κ3) is 3.88. The zero-order valence-corrected chi connectivity index (χ0v) is 11.4. The number of hydrogen-bond donors (Lipinski definition) is 2. The normalized spacial score (nSPS) is 10.3. The van der Waals surface area contributed by atoms with Gasteiger partial charge in [-0.2, -0.15) is 0 Å². The van der Waals surface area contributed by atoms with Crippen LogP contribution in [0.5, 0.6) is 11.5 Å². The Hall–Kier alpha value is -2.23. The van der Waals surface area contributed by atoms with Crippen LogP contribution < -0.4 is 10.1 Å². The summed E-state index contributed by atoms with van der Waals surface area (Å²) in [5.41, 5.74) is 1.70. The third-order valence-electron chi connectivity index (χ3n) is 2.84. The van der Waals surface area contributed by atoms with Crippen molar-refractivity contribution >= 4 is 5.69 Å². The fourth-order valence-corrected chi connectivity index (χ4v) is 1.74. The fourth-order valence-electron chi connectivity index (χ4n) is 1.74. The molecule has 0 fully saturated rings. The highest BCUT2D eigenvalue weighted by molar-refractivity contribution is 5.47. The molecular formula is C16H18FNO2. The van der Waals surface area contributed by atoms with Gasteiger partial charge in [0.2, 0.25) is 0 Å². The van der Waals surface area contributed by atoms with Gasteiger partial charge >= 0.3 is 0 Å². The summed E-state index contributed by atoms with van der Waals surface area (Å²) in [6, 6.07) is 12.0. The van der Waals surface area contributed by atoms with Crippen molar-refractivity contribution < 1.29 is 14.2 Å². The predicted octanol–water partition coefficient (Wildman–Crippen LogP) is 3.93. The van der Waals surface area contributed by atoms with Crippen LogP contribution in [0, 0.1) is 5.82 Å². The van der Waals surface area contributed by atoms with E-state index in [2.05, 4.69) is 12.2 Å². The first kappa shape index (κ1) is 14.2. The summed E-state index contributed by atoms with van der Waals surface area (Å²) in [6.45, 7) is 3.36. The molecule has 0 aromatic heterocycles. The second-order valence-corrected chi connectivity index (χ2v) is 4.51. The van der Waals surface area contributed by atoms with Crippen molar-refractivity contribution in [2.75, 3.05) is 11.9 Å². The molecule has 2 rings (SSSR count). The zero-order valence-electron chi connectivity index (χ0n) is 11.4. The van der Waals surface area contributed by atoms with Crippen LogP contribution in [0.4, 0.5) is 10.1 Å². The average Bonchev–Trinajstić information content (AvgIpc) is 2.47. The summed E-state index contributed by atoms with van der Waals surface area (Å²) in [6.07, 6.45) is 0.982. The maximum atomic E-state index is 13.2. The van der Waals surface area contributed by atoms with E-state index in [0.29, 0.717) is 18.8 Å². The van der Waals surface area contributed by atoms with Gasteiger partial charge in [0.05, 0.1) is 6.61 Å². The number of phenolic OH excluding ortho intramolecular Hbond substituents is 1. The van der Waals surface area contributed by atoms with E-state index in [1.54, 1.807) is 6.07 Å². The van der Waals surface area contributed by atoms with Crippen LogP contribution in [0.2, 0.25) is 0 Å². The quantitative estimate of drug-likeness (QED) is 0.785. The van der Waals surface area contributed by atoms with Crippen LogP contribution >= 0.6 is 0 Å². The number of phenols is 1. The molecule has 0 radical (unpaired) electrons. The number of aromatic hydroxyl groups is 1. The molecule has 0 aliphatic rings. The van der Waals surface area contributed by atoms with Crippen molar-refractivity contribution in [3.63, 3.8) is 0 Å². The van der Waals surface area contributed by atoms with Gasteiger partial charge in [0, 0.05) is 18.3 Å². The topological polar surface area (TPSA) is 41.5 Å². The van der Waals surface area contributed by atoms with Gasteiger partial charge in [-0.15, -0.1) is 0 Å².